The van der Waals surface area contributed by atoms with Crippen LogP contribution >= 0.6 is 35.3 Å². The van der Waals surface area contributed by atoms with Gasteiger partial charge < -0.3 is 15.0 Å². The van der Waals surface area contributed by atoms with Gasteiger partial charge in [0.2, 0.25) is 0 Å². The Kier molecular flexibility index (Phi) is 9.80. The summed E-state index contributed by atoms with van der Waals surface area (Å²) in [7, 11) is 1.49. The van der Waals surface area contributed by atoms with Gasteiger partial charge in [0.1, 0.15) is 4.21 Å². The second kappa shape index (κ2) is 10.8. The van der Waals surface area contributed by atoms with Crippen LogP contribution in [0.3, 0.4) is 0 Å². The maximum absolute atomic E-state index is 12.1. The van der Waals surface area contributed by atoms with Crippen molar-refractivity contribution in [3.63, 3.8) is 0 Å². The number of thiophene rings is 1. The van der Waals surface area contributed by atoms with E-state index in [4.69, 9.17) is 4.74 Å². The largest absolute Gasteiger partial charge is 0.378 e. The molecule has 1 fully saturated rings. The average Bonchev–Trinajstić information content (AvgIpc) is 3.06. The van der Waals surface area contributed by atoms with Crippen molar-refractivity contribution in [2.24, 2.45) is 4.99 Å². The molecule has 0 amide bonds. The molecule has 1 aliphatic heterocycles. The lowest BCUT2D eigenvalue weighted by molar-refractivity contribution is 0.0263. The fourth-order valence-electron chi connectivity index (χ4n) is 2.74. The van der Waals surface area contributed by atoms with Crippen molar-refractivity contribution in [2.75, 3.05) is 40.8 Å². The van der Waals surface area contributed by atoms with E-state index in [9.17, 15) is 8.42 Å². The van der Waals surface area contributed by atoms with E-state index in [0.29, 0.717) is 16.9 Å². The van der Waals surface area contributed by atoms with Gasteiger partial charge in [-0.05, 0) is 31.9 Å². The Morgan fingerprint density at radius 3 is 2.58 bits per heavy atom. The SMILES string of the molecule is CCOC1CCN(C(=NC)NCc2ccc(S(=O)(=O)N(C)C)s2)CC1.I. The third-order valence-corrected chi connectivity index (χ3v) is 7.52. The number of aliphatic imine (C=N–C) groups is 1. The highest BCUT2D eigenvalue weighted by molar-refractivity contribution is 14.0. The van der Waals surface area contributed by atoms with Crippen molar-refractivity contribution in [1.82, 2.24) is 14.5 Å². The van der Waals surface area contributed by atoms with Crippen LogP contribution in [0.1, 0.15) is 24.6 Å². The predicted octanol–water partition coefficient (Wildman–Crippen LogP) is 2.19. The summed E-state index contributed by atoms with van der Waals surface area (Å²) < 4.78 is 31.6. The summed E-state index contributed by atoms with van der Waals surface area (Å²) in [5, 5.41) is 3.33. The van der Waals surface area contributed by atoms with Crippen molar-refractivity contribution in [2.45, 2.75) is 36.6 Å². The van der Waals surface area contributed by atoms with Gasteiger partial charge in [-0.2, -0.15) is 0 Å². The molecule has 0 radical (unpaired) electrons. The molecule has 0 aliphatic carbocycles. The smallest absolute Gasteiger partial charge is 0.252 e. The number of hydrogen-bond donors (Lipinski definition) is 1. The second-order valence-electron chi connectivity index (χ2n) is 6.05. The minimum absolute atomic E-state index is 0. The summed E-state index contributed by atoms with van der Waals surface area (Å²) in [6, 6.07) is 3.51. The van der Waals surface area contributed by atoms with Crippen LogP contribution in [0.25, 0.3) is 0 Å². The molecule has 0 atom stereocenters. The molecule has 0 aromatic carbocycles. The second-order valence-corrected chi connectivity index (χ2v) is 9.60. The lowest BCUT2D eigenvalue weighted by atomic mass is 10.1. The van der Waals surface area contributed by atoms with Gasteiger partial charge in [-0.3, -0.25) is 4.99 Å². The summed E-state index contributed by atoms with van der Waals surface area (Å²) in [5.41, 5.74) is 0. The number of ether oxygens (including phenoxy) is 1. The third kappa shape index (κ3) is 6.04. The normalized spacial score (nSPS) is 16.7. The van der Waals surface area contributed by atoms with E-state index in [-0.39, 0.29) is 24.0 Å². The molecule has 2 heterocycles. The third-order valence-electron chi connectivity index (χ3n) is 4.15. The van der Waals surface area contributed by atoms with Crippen LogP contribution in [-0.2, 0) is 21.3 Å². The number of guanidine groups is 1. The van der Waals surface area contributed by atoms with Gasteiger partial charge in [-0.1, -0.05) is 0 Å². The fourth-order valence-corrected chi connectivity index (χ4v) is 5.20. The van der Waals surface area contributed by atoms with Gasteiger partial charge in [0.15, 0.2) is 5.96 Å². The lowest BCUT2D eigenvalue weighted by Gasteiger charge is -2.34. The number of nitrogens with zero attached hydrogens (tertiary/aromatic N) is 3. The molecule has 10 heteroatoms. The first-order valence-corrected chi connectivity index (χ1v) is 10.7. The number of halogens is 1. The summed E-state index contributed by atoms with van der Waals surface area (Å²) in [4.78, 5) is 7.54. The Hall–Kier alpha value is -0.430. The van der Waals surface area contributed by atoms with Crippen LogP contribution in [0.2, 0.25) is 0 Å². The maximum Gasteiger partial charge on any atom is 0.252 e. The number of hydrogen-bond acceptors (Lipinski definition) is 5. The Labute approximate surface area is 177 Å². The van der Waals surface area contributed by atoms with Crippen molar-refractivity contribution < 1.29 is 13.2 Å². The number of nitrogens with one attached hydrogen (secondary N) is 1. The van der Waals surface area contributed by atoms with Crippen LogP contribution in [-0.4, -0.2) is 70.5 Å². The van der Waals surface area contributed by atoms with Gasteiger partial charge >= 0.3 is 0 Å². The molecule has 1 aromatic heterocycles. The monoisotopic (exact) mass is 516 g/mol. The summed E-state index contributed by atoms with van der Waals surface area (Å²) in [6.45, 7) is 5.17. The summed E-state index contributed by atoms with van der Waals surface area (Å²) in [5.74, 6) is 0.848. The Morgan fingerprint density at radius 2 is 2.04 bits per heavy atom. The van der Waals surface area contributed by atoms with Crippen LogP contribution in [0, 0.1) is 0 Å². The predicted molar refractivity (Wildman–Crippen MR) is 117 cm³/mol. The molecule has 150 valence electrons. The van der Waals surface area contributed by atoms with Crippen LogP contribution in [0.4, 0.5) is 0 Å². The highest BCUT2D eigenvalue weighted by Gasteiger charge is 2.22. The average molecular weight is 516 g/mol. The zero-order valence-electron chi connectivity index (χ0n) is 15.8. The van der Waals surface area contributed by atoms with E-state index in [2.05, 4.69) is 15.2 Å². The Balaban J connectivity index is 0.00000338. The maximum atomic E-state index is 12.1. The molecule has 1 aromatic rings. The minimum atomic E-state index is -3.36. The molecule has 0 unspecified atom stereocenters. The lowest BCUT2D eigenvalue weighted by Crippen LogP contribution is -2.46. The van der Waals surface area contributed by atoms with E-state index < -0.39 is 10.0 Å². The molecule has 1 N–H and O–H groups in total. The summed E-state index contributed by atoms with van der Waals surface area (Å²) >= 11 is 1.29. The first kappa shape index (κ1) is 23.6. The molecule has 0 spiro atoms. The Morgan fingerprint density at radius 1 is 1.38 bits per heavy atom. The van der Waals surface area contributed by atoms with Crippen LogP contribution in [0.5, 0.6) is 0 Å². The molecular formula is C16H29IN4O3S2. The molecule has 2 rings (SSSR count). The van der Waals surface area contributed by atoms with Crippen LogP contribution < -0.4 is 5.32 Å². The zero-order chi connectivity index (χ0) is 18.4. The van der Waals surface area contributed by atoms with E-state index in [1.807, 2.05) is 13.0 Å². The molecular weight excluding hydrogens is 487 g/mol. The first-order chi connectivity index (χ1) is 11.9. The standard InChI is InChI=1S/C16H28N4O3S2.HI/c1-5-23-13-8-10-20(11-9-13)16(17-2)18-12-14-6-7-15(24-14)25(21,22)19(3)4;/h6-7,13H,5,8-12H2,1-4H3,(H,17,18);1H. The molecule has 0 bridgehead atoms. The quantitative estimate of drug-likeness (QED) is 0.357. The van der Waals surface area contributed by atoms with Gasteiger partial charge in [0.05, 0.1) is 12.6 Å². The number of sulfonamides is 1. The van der Waals surface area contributed by atoms with Crippen molar-refractivity contribution in [3.8, 4) is 0 Å². The van der Waals surface area contributed by atoms with Crippen molar-refractivity contribution >= 4 is 51.3 Å². The topological polar surface area (TPSA) is 74.2 Å². The molecule has 7 nitrogen and oxygen atoms in total. The number of piperidine rings is 1. The van der Waals surface area contributed by atoms with Gasteiger partial charge in [0, 0.05) is 45.7 Å². The zero-order valence-corrected chi connectivity index (χ0v) is 19.7. The van der Waals surface area contributed by atoms with E-state index >= 15 is 0 Å². The molecule has 26 heavy (non-hydrogen) atoms. The molecule has 1 saturated heterocycles. The van der Waals surface area contributed by atoms with E-state index in [1.165, 1.54) is 15.6 Å². The number of likely N-dealkylation sites (tertiary alicyclic amines) is 1. The summed E-state index contributed by atoms with van der Waals surface area (Å²) in [6.07, 6.45) is 2.34. The minimum Gasteiger partial charge on any atom is -0.378 e. The fraction of sp³-hybridized carbons (Fsp3) is 0.688. The van der Waals surface area contributed by atoms with Gasteiger partial charge in [-0.15, -0.1) is 35.3 Å². The Bertz CT molecular complexity index is 683. The van der Waals surface area contributed by atoms with Crippen LogP contribution in [0.15, 0.2) is 21.3 Å². The van der Waals surface area contributed by atoms with Crippen molar-refractivity contribution in [1.29, 1.82) is 0 Å². The van der Waals surface area contributed by atoms with E-state index in [1.54, 1.807) is 27.2 Å². The van der Waals surface area contributed by atoms with Gasteiger partial charge in [-0.25, -0.2) is 12.7 Å². The van der Waals surface area contributed by atoms with Crippen molar-refractivity contribution in [3.05, 3.63) is 17.0 Å². The van der Waals surface area contributed by atoms with Gasteiger partial charge in [0.25, 0.3) is 10.0 Å². The molecule has 0 saturated carbocycles. The highest BCUT2D eigenvalue weighted by atomic mass is 127. The highest BCUT2D eigenvalue weighted by Crippen LogP contribution is 2.23. The van der Waals surface area contributed by atoms with E-state index in [0.717, 1.165) is 43.4 Å². The molecule has 1 aliphatic rings. The number of rotatable bonds is 6. The first-order valence-electron chi connectivity index (χ1n) is 8.47.